The van der Waals surface area contributed by atoms with Gasteiger partial charge >= 0.3 is 5.97 Å². The van der Waals surface area contributed by atoms with Gasteiger partial charge in [-0.05, 0) is 31.5 Å². The Morgan fingerprint density at radius 1 is 1.33 bits per heavy atom. The fourth-order valence-corrected chi connectivity index (χ4v) is 1.96. The van der Waals surface area contributed by atoms with Crippen LogP contribution in [-0.2, 0) is 16.0 Å². The lowest BCUT2D eigenvalue weighted by molar-refractivity contribution is -0.159. The van der Waals surface area contributed by atoms with Crippen molar-refractivity contribution in [3.63, 3.8) is 0 Å². The van der Waals surface area contributed by atoms with Crippen LogP contribution in [0.5, 0.6) is 11.5 Å². The molecule has 0 bridgehead atoms. The van der Waals surface area contributed by atoms with Crippen LogP contribution in [0.4, 0.5) is 4.39 Å². The molecule has 21 heavy (non-hydrogen) atoms. The number of hydrogen-bond acceptors (Lipinski definition) is 5. The van der Waals surface area contributed by atoms with Crippen LogP contribution in [0.15, 0.2) is 18.2 Å². The molecular formula is C15H21FO5. The number of alkyl halides is 1. The molecule has 6 heteroatoms. The van der Waals surface area contributed by atoms with Gasteiger partial charge in [-0.25, -0.2) is 9.18 Å². The zero-order valence-corrected chi connectivity index (χ0v) is 12.7. The SMILES string of the molecule is CCOC(=O)C(F)C(C)(O)Cc1ccc(OC)c(OC)c1. The molecule has 0 saturated heterocycles. The molecule has 1 N–H and O–H groups in total. The fraction of sp³-hybridized carbons (Fsp3) is 0.533. The highest BCUT2D eigenvalue weighted by Crippen LogP contribution is 2.30. The minimum atomic E-state index is -2.12. The number of benzene rings is 1. The molecule has 2 atom stereocenters. The van der Waals surface area contributed by atoms with E-state index in [0.29, 0.717) is 17.1 Å². The van der Waals surface area contributed by atoms with Gasteiger partial charge in [-0.3, -0.25) is 0 Å². The van der Waals surface area contributed by atoms with E-state index in [4.69, 9.17) is 9.47 Å². The first-order valence-corrected chi connectivity index (χ1v) is 6.59. The largest absolute Gasteiger partial charge is 0.493 e. The van der Waals surface area contributed by atoms with Gasteiger partial charge in [0.15, 0.2) is 11.5 Å². The van der Waals surface area contributed by atoms with Crippen molar-refractivity contribution in [1.29, 1.82) is 0 Å². The molecule has 1 aromatic carbocycles. The smallest absolute Gasteiger partial charge is 0.343 e. The summed E-state index contributed by atoms with van der Waals surface area (Å²) in [7, 11) is 2.99. The third-order valence-corrected chi connectivity index (χ3v) is 3.05. The number of methoxy groups -OCH3 is 2. The molecule has 0 spiro atoms. The van der Waals surface area contributed by atoms with Crippen LogP contribution in [0.3, 0.4) is 0 Å². The van der Waals surface area contributed by atoms with Gasteiger partial charge in [0.2, 0.25) is 6.17 Å². The summed E-state index contributed by atoms with van der Waals surface area (Å²) in [5.41, 5.74) is -1.25. The number of hydrogen-bond donors (Lipinski definition) is 1. The second-order valence-electron chi connectivity index (χ2n) is 4.84. The van der Waals surface area contributed by atoms with Gasteiger partial charge in [-0.2, -0.15) is 0 Å². The van der Waals surface area contributed by atoms with Crippen molar-refractivity contribution in [2.24, 2.45) is 0 Å². The van der Waals surface area contributed by atoms with E-state index >= 15 is 0 Å². The molecule has 0 radical (unpaired) electrons. The Labute approximate surface area is 123 Å². The summed E-state index contributed by atoms with van der Waals surface area (Å²) in [6.45, 7) is 2.89. The van der Waals surface area contributed by atoms with Crippen LogP contribution < -0.4 is 9.47 Å². The maximum Gasteiger partial charge on any atom is 0.343 e. The van der Waals surface area contributed by atoms with Gasteiger partial charge in [0.25, 0.3) is 0 Å². The Bertz CT molecular complexity index is 487. The quantitative estimate of drug-likeness (QED) is 0.779. The number of ether oxygens (including phenoxy) is 3. The summed E-state index contributed by atoms with van der Waals surface area (Å²) in [6.07, 6.45) is -2.18. The summed E-state index contributed by atoms with van der Waals surface area (Å²) >= 11 is 0. The second kappa shape index (κ2) is 7.26. The van der Waals surface area contributed by atoms with Crippen molar-refractivity contribution in [1.82, 2.24) is 0 Å². The first-order chi connectivity index (χ1) is 9.85. The molecular weight excluding hydrogens is 279 g/mol. The minimum Gasteiger partial charge on any atom is -0.493 e. The van der Waals surface area contributed by atoms with Crippen molar-refractivity contribution in [3.05, 3.63) is 23.8 Å². The lowest BCUT2D eigenvalue weighted by Gasteiger charge is -2.26. The minimum absolute atomic E-state index is 0.0612. The molecule has 2 unspecified atom stereocenters. The van der Waals surface area contributed by atoms with E-state index in [2.05, 4.69) is 4.74 Å². The fourth-order valence-electron chi connectivity index (χ4n) is 1.96. The highest BCUT2D eigenvalue weighted by atomic mass is 19.1. The summed E-state index contributed by atoms with van der Waals surface area (Å²) in [6, 6.07) is 4.96. The van der Waals surface area contributed by atoms with Crippen molar-refractivity contribution in [3.8, 4) is 11.5 Å². The van der Waals surface area contributed by atoms with Crippen LogP contribution in [0, 0.1) is 0 Å². The van der Waals surface area contributed by atoms with Gasteiger partial charge in [0, 0.05) is 6.42 Å². The van der Waals surface area contributed by atoms with Crippen LogP contribution in [0.1, 0.15) is 19.4 Å². The first-order valence-electron chi connectivity index (χ1n) is 6.59. The van der Waals surface area contributed by atoms with Crippen molar-refractivity contribution in [2.75, 3.05) is 20.8 Å². The average molecular weight is 300 g/mol. The van der Waals surface area contributed by atoms with Crippen LogP contribution in [0.2, 0.25) is 0 Å². The predicted octanol–water partition coefficient (Wildman–Crippen LogP) is 1.90. The Kier molecular flexibility index (Phi) is 5.96. The zero-order valence-electron chi connectivity index (χ0n) is 12.7. The van der Waals surface area contributed by atoms with E-state index < -0.39 is 17.7 Å². The van der Waals surface area contributed by atoms with Gasteiger partial charge in [-0.1, -0.05) is 6.07 Å². The van der Waals surface area contributed by atoms with E-state index in [1.807, 2.05) is 0 Å². The van der Waals surface area contributed by atoms with Gasteiger partial charge in [0.1, 0.15) is 5.60 Å². The number of rotatable bonds is 7. The third kappa shape index (κ3) is 4.32. The Morgan fingerprint density at radius 3 is 2.48 bits per heavy atom. The molecule has 118 valence electrons. The van der Waals surface area contributed by atoms with Crippen molar-refractivity contribution >= 4 is 5.97 Å². The van der Waals surface area contributed by atoms with Crippen LogP contribution >= 0.6 is 0 Å². The summed E-state index contributed by atoms with van der Waals surface area (Å²) in [5.74, 6) is -0.0663. The number of carbonyl (C=O) groups is 1. The maximum absolute atomic E-state index is 14.0. The summed E-state index contributed by atoms with van der Waals surface area (Å²) < 4.78 is 28.8. The van der Waals surface area contributed by atoms with Gasteiger partial charge < -0.3 is 19.3 Å². The lowest BCUT2D eigenvalue weighted by Crippen LogP contribution is -2.44. The van der Waals surface area contributed by atoms with Crippen LogP contribution in [0.25, 0.3) is 0 Å². The molecule has 0 heterocycles. The molecule has 0 aromatic heterocycles. The molecule has 0 aliphatic carbocycles. The number of esters is 1. The molecule has 0 aliphatic heterocycles. The highest BCUT2D eigenvalue weighted by molar-refractivity contribution is 5.76. The standard InChI is InChI=1S/C15H21FO5/c1-5-21-14(17)13(16)15(2,18)9-10-6-7-11(19-3)12(8-10)20-4/h6-8,13,18H,5,9H2,1-4H3. The third-order valence-electron chi connectivity index (χ3n) is 3.05. The van der Waals surface area contributed by atoms with E-state index in [0.717, 1.165) is 0 Å². The number of aliphatic hydroxyl groups is 1. The van der Waals surface area contributed by atoms with Crippen LogP contribution in [-0.4, -0.2) is 43.7 Å². The molecule has 0 amide bonds. The van der Waals surface area contributed by atoms with E-state index in [9.17, 15) is 14.3 Å². The molecule has 5 nitrogen and oxygen atoms in total. The topological polar surface area (TPSA) is 65.0 Å². The molecule has 1 aromatic rings. The maximum atomic E-state index is 14.0. The molecule has 1 rings (SSSR count). The second-order valence-corrected chi connectivity index (χ2v) is 4.84. The monoisotopic (exact) mass is 300 g/mol. The molecule has 0 saturated carbocycles. The Morgan fingerprint density at radius 2 is 1.95 bits per heavy atom. The van der Waals surface area contributed by atoms with Gasteiger partial charge in [-0.15, -0.1) is 0 Å². The normalized spacial score (nSPS) is 15.0. The average Bonchev–Trinajstić information content (AvgIpc) is 2.46. The molecule has 0 fully saturated rings. The number of halogens is 1. The summed E-state index contributed by atoms with van der Waals surface area (Å²) in [5, 5.41) is 10.2. The number of carbonyl (C=O) groups excluding carboxylic acids is 1. The van der Waals surface area contributed by atoms with Gasteiger partial charge in [0.05, 0.1) is 20.8 Å². The van der Waals surface area contributed by atoms with Crippen molar-refractivity contribution in [2.45, 2.75) is 32.0 Å². The first kappa shape index (κ1) is 17.2. The predicted molar refractivity (Wildman–Crippen MR) is 75.4 cm³/mol. The summed E-state index contributed by atoms with van der Waals surface area (Å²) in [4.78, 5) is 11.4. The highest BCUT2D eigenvalue weighted by Gasteiger charge is 2.39. The molecule has 0 aliphatic rings. The zero-order chi connectivity index (χ0) is 16.0. The lowest BCUT2D eigenvalue weighted by atomic mass is 9.91. The van der Waals surface area contributed by atoms with E-state index in [-0.39, 0.29) is 13.0 Å². The Hall–Kier alpha value is -1.82. The Balaban J connectivity index is 2.90. The van der Waals surface area contributed by atoms with Crippen molar-refractivity contribution < 1.29 is 28.5 Å². The van der Waals surface area contributed by atoms with E-state index in [1.54, 1.807) is 25.1 Å². The van der Waals surface area contributed by atoms with E-state index in [1.165, 1.54) is 21.1 Å².